The van der Waals surface area contributed by atoms with Crippen LogP contribution in [0.5, 0.6) is 11.5 Å². The van der Waals surface area contributed by atoms with Crippen molar-refractivity contribution in [3.63, 3.8) is 0 Å². The number of carbonyl (C=O) groups excluding carboxylic acids is 2. The monoisotopic (exact) mass is 456 g/mol. The lowest BCUT2D eigenvalue weighted by Crippen LogP contribution is -2.46. The van der Waals surface area contributed by atoms with Crippen LogP contribution in [0.2, 0.25) is 0 Å². The fourth-order valence-electron chi connectivity index (χ4n) is 2.88. The Morgan fingerprint density at radius 3 is 2.69 bits per heavy atom. The first kappa shape index (κ1) is 21.6. The maximum Gasteiger partial charge on any atom is 0.276 e. The van der Waals surface area contributed by atoms with E-state index in [-0.39, 0.29) is 5.91 Å². The van der Waals surface area contributed by atoms with E-state index in [0.29, 0.717) is 30.3 Å². The molecule has 6 nitrogen and oxygen atoms in total. The Labute approximate surface area is 183 Å². The van der Waals surface area contributed by atoms with Gasteiger partial charge in [-0.15, -0.1) is 0 Å². The summed E-state index contributed by atoms with van der Waals surface area (Å²) < 4.78 is 9.36. The molecular weight excluding hydrogens is 439 g/mol. The summed E-state index contributed by atoms with van der Waals surface area (Å²) in [4.78, 5) is 26.1. The summed E-state index contributed by atoms with van der Waals surface area (Å²) in [5.41, 5.74) is 2.05. The number of fused-ring (bicyclic) bond motifs is 1. The van der Waals surface area contributed by atoms with E-state index >= 15 is 0 Å². The van der Waals surface area contributed by atoms with Crippen molar-refractivity contribution in [2.24, 2.45) is 0 Å². The number of amides is 2. The van der Waals surface area contributed by atoms with E-state index in [1.54, 1.807) is 30.0 Å². The average Bonchev–Trinajstić information content (AvgIpc) is 2.64. The maximum absolute atomic E-state index is 12.6. The SMILES string of the molecule is Cc1cccc(OCCN2C(=O)C(C)Oc3cc(NC(=O)C(Cl)(Cl)Cl)ccc32)c1. The molecule has 1 N–H and O–H groups in total. The minimum absolute atomic E-state index is 0.177. The van der Waals surface area contributed by atoms with Gasteiger partial charge < -0.3 is 19.7 Å². The van der Waals surface area contributed by atoms with Crippen molar-refractivity contribution < 1.29 is 19.1 Å². The Morgan fingerprint density at radius 2 is 2.00 bits per heavy atom. The molecule has 2 amide bonds. The number of nitrogens with one attached hydrogen (secondary N) is 1. The lowest BCUT2D eigenvalue weighted by atomic mass is 10.1. The minimum Gasteiger partial charge on any atom is -0.492 e. The lowest BCUT2D eigenvalue weighted by molar-refractivity contribution is -0.125. The van der Waals surface area contributed by atoms with Crippen LogP contribution in [0.3, 0.4) is 0 Å². The summed E-state index contributed by atoms with van der Waals surface area (Å²) in [6, 6.07) is 12.5. The van der Waals surface area contributed by atoms with Gasteiger partial charge >= 0.3 is 0 Å². The molecule has 2 aromatic rings. The number of ether oxygens (including phenoxy) is 2. The van der Waals surface area contributed by atoms with E-state index in [1.165, 1.54) is 0 Å². The van der Waals surface area contributed by atoms with Crippen LogP contribution in [0, 0.1) is 6.92 Å². The standard InChI is InChI=1S/C20H19Cl3N2O4/c1-12-4-3-5-15(10-12)28-9-8-25-16-7-6-14(24-19(27)20(21,22)23)11-17(16)29-13(2)18(25)26/h3-7,10-11,13H,8-9H2,1-2H3,(H,24,27). The van der Waals surface area contributed by atoms with Crippen LogP contribution in [0.4, 0.5) is 11.4 Å². The highest BCUT2D eigenvalue weighted by molar-refractivity contribution is 6.76. The van der Waals surface area contributed by atoms with Crippen molar-refractivity contribution in [3.05, 3.63) is 48.0 Å². The first-order valence-corrected chi connectivity index (χ1v) is 9.98. The van der Waals surface area contributed by atoms with E-state index in [1.807, 2.05) is 31.2 Å². The number of nitrogens with zero attached hydrogens (tertiary/aromatic N) is 1. The Balaban J connectivity index is 1.74. The van der Waals surface area contributed by atoms with Gasteiger partial charge in [0.15, 0.2) is 6.10 Å². The van der Waals surface area contributed by atoms with Gasteiger partial charge in [0.2, 0.25) is 0 Å². The highest BCUT2D eigenvalue weighted by atomic mass is 35.6. The number of carbonyl (C=O) groups is 2. The first-order valence-electron chi connectivity index (χ1n) is 8.85. The highest BCUT2D eigenvalue weighted by Gasteiger charge is 2.33. The third-order valence-electron chi connectivity index (χ3n) is 4.26. The third-order valence-corrected chi connectivity index (χ3v) is 4.77. The van der Waals surface area contributed by atoms with Crippen LogP contribution < -0.4 is 19.7 Å². The Morgan fingerprint density at radius 1 is 1.24 bits per heavy atom. The molecule has 0 spiro atoms. The van der Waals surface area contributed by atoms with Crippen LogP contribution in [0.15, 0.2) is 42.5 Å². The van der Waals surface area contributed by atoms with Crippen molar-refractivity contribution in [2.75, 3.05) is 23.4 Å². The largest absolute Gasteiger partial charge is 0.492 e. The number of aryl methyl sites for hydroxylation is 1. The molecule has 1 unspecified atom stereocenters. The summed E-state index contributed by atoms with van der Waals surface area (Å²) in [6.45, 7) is 4.29. The summed E-state index contributed by atoms with van der Waals surface area (Å²) in [6.07, 6.45) is -0.680. The number of alkyl halides is 3. The molecule has 1 atom stereocenters. The molecule has 0 saturated heterocycles. The van der Waals surface area contributed by atoms with Crippen molar-refractivity contribution >= 4 is 58.0 Å². The van der Waals surface area contributed by atoms with E-state index in [0.717, 1.165) is 11.3 Å². The molecule has 0 saturated carbocycles. The second-order valence-corrected chi connectivity index (χ2v) is 8.83. The second kappa shape index (κ2) is 8.69. The molecule has 0 aliphatic carbocycles. The molecule has 1 heterocycles. The third kappa shape index (κ3) is 5.26. The number of hydrogen-bond donors (Lipinski definition) is 1. The molecule has 0 radical (unpaired) electrons. The summed E-state index contributed by atoms with van der Waals surface area (Å²) in [5, 5.41) is 2.50. The fraction of sp³-hybridized carbons (Fsp3) is 0.300. The van der Waals surface area contributed by atoms with Crippen LogP contribution in [0.1, 0.15) is 12.5 Å². The minimum atomic E-state index is -2.08. The Bertz CT molecular complexity index is 930. The molecule has 154 valence electrons. The van der Waals surface area contributed by atoms with Gasteiger partial charge in [0.25, 0.3) is 15.6 Å². The van der Waals surface area contributed by atoms with Gasteiger partial charge in [-0.2, -0.15) is 0 Å². The van der Waals surface area contributed by atoms with Gasteiger partial charge in [0.1, 0.15) is 18.1 Å². The van der Waals surface area contributed by atoms with Crippen molar-refractivity contribution in [2.45, 2.75) is 23.7 Å². The Hall–Kier alpha value is -2.15. The fourth-order valence-corrected chi connectivity index (χ4v) is 3.02. The van der Waals surface area contributed by atoms with E-state index in [9.17, 15) is 9.59 Å². The maximum atomic E-state index is 12.6. The summed E-state index contributed by atoms with van der Waals surface area (Å²) in [5.74, 6) is 0.215. The number of halogens is 3. The quantitative estimate of drug-likeness (QED) is 0.672. The van der Waals surface area contributed by atoms with Crippen molar-refractivity contribution in [1.82, 2.24) is 0 Å². The predicted octanol–water partition coefficient (Wildman–Crippen LogP) is 4.50. The predicted molar refractivity (Wildman–Crippen MR) is 114 cm³/mol. The first-order chi connectivity index (χ1) is 13.6. The van der Waals surface area contributed by atoms with Crippen LogP contribution >= 0.6 is 34.8 Å². The van der Waals surface area contributed by atoms with Gasteiger partial charge in [0, 0.05) is 11.8 Å². The summed E-state index contributed by atoms with van der Waals surface area (Å²) >= 11 is 16.7. The smallest absolute Gasteiger partial charge is 0.276 e. The molecule has 0 fully saturated rings. The molecule has 0 aromatic heterocycles. The van der Waals surface area contributed by atoms with Gasteiger partial charge in [-0.3, -0.25) is 9.59 Å². The zero-order valence-electron chi connectivity index (χ0n) is 15.7. The molecule has 0 bridgehead atoms. The number of hydrogen-bond acceptors (Lipinski definition) is 4. The molecule has 29 heavy (non-hydrogen) atoms. The van der Waals surface area contributed by atoms with Crippen LogP contribution in [0.25, 0.3) is 0 Å². The molecular formula is C20H19Cl3N2O4. The van der Waals surface area contributed by atoms with Gasteiger partial charge in [-0.25, -0.2) is 0 Å². The molecule has 2 aromatic carbocycles. The normalized spacial score (nSPS) is 16.1. The number of benzene rings is 2. The zero-order chi connectivity index (χ0) is 21.2. The van der Waals surface area contributed by atoms with Crippen LogP contribution in [-0.4, -0.2) is 34.9 Å². The zero-order valence-corrected chi connectivity index (χ0v) is 18.0. The average molecular weight is 458 g/mol. The van der Waals surface area contributed by atoms with Gasteiger partial charge in [0.05, 0.1) is 12.2 Å². The molecule has 9 heteroatoms. The highest BCUT2D eigenvalue weighted by Crippen LogP contribution is 2.37. The Kier molecular flexibility index (Phi) is 6.46. The molecule has 1 aliphatic heterocycles. The van der Waals surface area contributed by atoms with E-state index in [2.05, 4.69) is 5.32 Å². The molecule has 1 aliphatic rings. The van der Waals surface area contributed by atoms with Gasteiger partial charge in [-0.1, -0.05) is 46.9 Å². The number of rotatable bonds is 5. The van der Waals surface area contributed by atoms with Crippen molar-refractivity contribution in [1.29, 1.82) is 0 Å². The van der Waals surface area contributed by atoms with Crippen LogP contribution in [-0.2, 0) is 9.59 Å². The topological polar surface area (TPSA) is 67.9 Å². The second-order valence-electron chi connectivity index (χ2n) is 6.55. The van der Waals surface area contributed by atoms with E-state index in [4.69, 9.17) is 44.3 Å². The summed E-state index contributed by atoms with van der Waals surface area (Å²) in [7, 11) is 0. The van der Waals surface area contributed by atoms with E-state index < -0.39 is 15.8 Å². The number of anilines is 2. The molecule has 3 rings (SSSR count). The van der Waals surface area contributed by atoms with Crippen molar-refractivity contribution in [3.8, 4) is 11.5 Å². The van der Waals surface area contributed by atoms with Gasteiger partial charge in [-0.05, 0) is 43.7 Å². The lowest BCUT2D eigenvalue weighted by Gasteiger charge is -2.33.